The fourth-order valence-corrected chi connectivity index (χ4v) is 3.14. The fraction of sp³-hybridized carbons (Fsp3) is 0.647. The Morgan fingerprint density at radius 3 is 2.52 bits per heavy atom. The van der Waals surface area contributed by atoms with Crippen molar-refractivity contribution in [3.63, 3.8) is 0 Å². The van der Waals surface area contributed by atoms with Crippen LogP contribution in [0, 0.1) is 17.6 Å². The summed E-state index contributed by atoms with van der Waals surface area (Å²) in [6.07, 6.45) is 2.07. The first-order valence-electron chi connectivity index (χ1n) is 7.91. The minimum absolute atomic E-state index is 0.196. The van der Waals surface area contributed by atoms with Crippen LogP contribution < -0.4 is 5.32 Å². The van der Waals surface area contributed by atoms with E-state index >= 15 is 0 Å². The molecule has 2 atom stereocenters. The second-order valence-electron chi connectivity index (χ2n) is 6.43. The van der Waals surface area contributed by atoms with Gasteiger partial charge in [0.05, 0.1) is 0 Å². The maximum absolute atomic E-state index is 13.9. The number of hydrogen-bond acceptors (Lipinski definition) is 2. The lowest BCUT2D eigenvalue weighted by Crippen LogP contribution is -2.56. The highest BCUT2D eigenvalue weighted by Gasteiger charge is 2.28. The van der Waals surface area contributed by atoms with Gasteiger partial charge in [0, 0.05) is 37.3 Å². The summed E-state index contributed by atoms with van der Waals surface area (Å²) >= 11 is 0. The molecule has 1 heterocycles. The standard InChI is InChI=1S/C17H26F2N2/c1-4-14-9-20-13(8-12(2)3)10-21(14)11-15-16(18)6-5-7-17(15)19/h5-7,12-14,20H,4,8-11H2,1-3H3. The Morgan fingerprint density at radius 1 is 1.29 bits per heavy atom. The van der Waals surface area contributed by atoms with E-state index in [2.05, 4.69) is 31.0 Å². The summed E-state index contributed by atoms with van der Waals surface area (Å²) in [5, 5.41) is 3.57. The minimum Gasteiger partial charge on any atom is -0.311 e. The highest BCUT2D eigenvalue weighted by molar-refractivity contribution is 5.19. The van der Waals surface area contributed by atoms with Gasteiger partial charge < -0.3 is 5.32 Å². The largest absolute Gasteiger partial charge is 0.311 e. The SMILES string of the molecule is CCC1CNC(CC(C)C)CN1Cc1c(F)cccc1F. The highest BCUT2D eigenvalue weighted by Crippen LogP contribution is 2.21. The van der Waals surface area contributed by atoms with Crippen LogP contribution in [0.3, 0.4) is 0 Å². The van der Waals surface area contributed by atoms with Crippen molar-refractivity contribution in [3.05, 3.63) is 35.4 Å². The normalized spacial score (nSPS) is 23.7. The molecule has 1 aliphatic heterocycles. The number of nitrogens with one attached hydrogen (secondary N) is 1. The van der Waals surface area contributed by atoms with Crippen molar-refractivity contribution in [1.82, 2.24) is 10.2 Å². The van der Waals surface area contributed by atoms with E-state index in [4.69, 9.17) is 0 Å². The average Bonchev–Trinajstić information content (AvgIpc) is 2.43. The third-order valence-electron chi connectivity index (χ3n) is 4.26. The maximum atomic E-state index is 13.9. The molecule has 0 saturated carbocycles. The van der Waals surface area contributed by atoms with Crippen LogP contribution in [0.1, 0.15) is 39.2 Å². The lowest BCUT2D eigenvalue weighted by molar-refractivity contribution is 0.109. The molecule has 21 heavy (non-hydrogen) atoms. The van der Waals surface area contributed by atoms with Crippen molar-refractivity contribution < 1.29 is 8.78 Å². The smallest absolute Gasteiger partial charge is 0.130 e. The van der Waals surface area contributed by atoms with E-state index in [9.17, 15) is 8.78 Å². The Bertz CT molecular complexity index is 442. The first-order valence-corrected chi connectivity index (χ1v) is 7.91. The zero-order chi connectivity index (χ0) is 15.4. The molecule has 2 rings (SSSR count). The third kappa shape index (κ3) is 4.24. The molecule has 0 spiro atoms. The Labute approximate surface area is 126 Å². The van der Waals surface area contributed by atoms with Crippen LogP contribution in [0.4, 0.5) is 8.78 Å². The molecule has 0 aromatic heterocycles. The van der Waals surface area contributed by atoms with Crippen molar-refractivity contribution >= 4 is 0 Å². The minimum atomic E-state index is -0.441. The third-order valence-corrected chi connectivity index (χ3v) is 4.26. The molecule has 2 nitrogen and oxygen atoms in total. The molecule has 1 aromatic carbocycles. The molecule has 0 aliphatic carbocycles. The number of hydrogen-bond donors (Lipinski definition) is 1. The molecule has 1 fully saturated rings. The summed E-state index contributed by atoms with van der Waals surface area (Å²) in [6, 6.07) is 4.85. The summed E-state index contributed by atoms with van der Waals surface area (Å²) in [7, 11) is 0. The Kier molecular flexibility index (Phi) is 5.71. The summed E-state index contributed by atoms with van der Waals surface area (Å²) in [6.45, 7) is 8.63. The zero-order valence-electron chi connectivity index (χ0n) is 13.2. The van der Waals surface area contributed by atoms with Crippen molar-refractivity contribution in [1.29, 1.82) is 0 Å². The second-order valence-corrected chi connectivity index (χ2v) is 6.43. The molecule has 1 aliphatic rings. The van der Waals surface area contributed by atoms with Gasteiger partial charge in [0.2, 0.25) is 0 Å². The van der Waals surface area contributed by atoms with Crippen LogP contribution in [0.25, 0.3) is 0 Å². The number of rotatable bonds is 5. The topological polar surface area (TPSA) is 15.3 Å². The van der Waals surface area contributed by atoms with Crippen LogP contribution in [-0.2, 0) is 6.54 Å². The van der Waals surface area contributed by atoms with Gasteiger partial charge >= 0.3 is 0 Å². The maximum Gasteiger partial charge on any atom is 0.130 e. The first kappa shape index (κ1) is 16.4. The molecular formula is C17H26F2N2. The van der Waals surface area contributed by atoms with Gasteiger partial charge in [-0.2, -0.15) is 0 Å². The molecular weight excluding hydrogens is 270 g/mol. The Hall–Kier alpha value is -1.00. The van der Waals surface area contributed by atoms with E-state index < -0.39 is 11.6 Å². The van der Waals surface area contributed by atoms with Gasteiger partial charge in [-0.15, -0.1) is 0 Å². The van der Waals surface area contributed by atoms with Gasteiger partial charge in [-0.1, -0.05) is 26.8 Å². The lowest BCUT2D eigenvalue weighted by Gasteiger charge is -2.40. The summed E-state index contributed by atoms with van der Waals surface area (Å²) in [5.41, 5.74) is 0.196. The molecule has 0 bridgehead atoms. The molecule has 1 aromatic rings. The molecule has 2 unspecified atom stereocenters. The quantitative estimate of drug-likeness (QED) is 0.893. The molecule has 0 amide bonds. The predicted octanol–water partition coefficient (Wildman–Crippen LogP) is 3.56. The van der Waals surface area contributed by atoms with Crippen LogP contribution in [-0.4, -0.2) is 30.1 Å². The van der Waals surface area contributed by atoms with Crippen molar-refractivity contribution in [2.75, 3.05) is 13.1 Å². The van der Waals surface area contributed by atoms with Crippen LogP contribution in [0.2, 0.25) is 0 Å². The molecule has 4 heteroatoms. The monoisotopic (exact) mass is 296 g/mol. The van der Waals surface area contributed by atoms with Crippen LogP contribution in [0.15, 0.2) is 18.2 Å². The van der Waals surface area contributed by atoms with E-state index in [-0.39, 0.29) is 5.56 Å². The molecule has 1 saturated heterocycles. The van der Waals surface area contributed by atoms with Gasteiger partial charge in [-0.05, 0) is 30.9 Å². The van der Waals surface area contributed by atoms with Gasteiger partial charge in [0.1, 0.15) is 11.6 Å². The Morgan fingerprint density at radius 2 is 1.95 bits per heavy atom. The zero-order valence-corrected chi connectivity index (χ0v) is 13.2. The molecule has 1 N–H and O–H groups in total. The van der Waals surface area contributed by atoms with Gasteiger partial charge in [-0.25, -0.2) is 8.78 Å². The van der Waals surface area contributed by atoms with Crippen molar-refractivity contribution in [2.45, 2.75) is 52.2 Å². The number of benzene rings is 1. The number of nitrogens with zero attached hydrogens (tertiary/aromatic N) is 1. The highest BCUT2D eigenvalue weighted by atomic mass is 19.1. The number of piperazine rings is 1. The summed E-state index contributed by atoms with van der Waals surface area (Å²) in [4.78, 5) is 2.23. The molecule has 118 valence electrons. The van der Waals surface area contributed by atoms with E-state index in [1.165, 1.54) is 18.2 Å². The van der Waals surface area contributed by atoms with Crippen LogP contribution >= 0.6 is 0 Å². The van der Waals surface area contributed by atoms with Gasteiger partial charge in [0.15, 0.2) is 0 Å². The molecule has 0 radical (unpaired) electrons. The fourth-order valence-electron chi connectivity index (χ4n) is 3.14. The van der Waals surface area contributed by atoms with Crippen molar-refractivity contribution in [3.8, 4) is 0 Å². The predicted molar refractivity (Wildman–Crippen MR) is 82.1 cm³/mol. The summed E-state index contributed by atoms with van der Waals surface area (Å²) < 4.78 is 27.7. The Balaban J connectivity index is 2.10. The first-order chi connectivity index (χ1) is 10.0. The van der Waals surface area contributed by atoms with E-state index in [1.54, 1.807) is 0 Å². The van der Waals surface area contributed by atoms with E-state index in [1.807, 2.05) is 0 Å². The van der Waals surface area contributed by atoms with Crippen LogP contribution in [0.5, 0.6) is 0 Å². The van der Waals surface area contributed by atoms with E-state index in [0.29, 0.717) is 24.5 Å². The van der Waals surface area contributed by atoms with E-state index in [0.717, 1.165) is 25.9 Å². The second kappa shape index (κ2) is 7.32. The van der Waals surface area contributed by atoms with Crippen molar-refractivity contribution in [2.24, 2.45) is 5.92 Å². The van der Waals surface area contributed by atoms with Gasteiger partial charge in [-0.3, -0.25) is 4.90 Å². The number of halogens is 2. The van der Waals surface area contributed by atoms with Gasteiger partial charge in [0.25, 0.3) is 0 Å². The lowest BCUT2D eigenvalue weighted by atomic mass is 9.98. The average molecular weight is 296 g/mol. The summed E-state index contributed by atoms with van der Waals surface area (Å²) in [5.74, 6) is -0.264.